The summed E-state index contributed by atoms with van der Waals surface area (Å²) in [5.74, 6) is 1.33. The van der Waals surface area contributed by atoms with Crippen molar-refractivity contribution in [2.45, 2.75) is 44.5 Å². The summed E-state index contributed by atoms with van der Waals surface area (Å²) in [5.41, 5.74) is 1.20. The number of ether oxygens (including phenoxy) is 2. The smallest absolute Gasteiger partial charge is 0.130 e. The fourth-order valence-corrected chi connectivity index (χ4v) is 2.21. The van der Waals surface area contributed by atoms with Crippen LogP contribution in [0.5, 0.6) is 5.75 Å². The fourth-order valence-electron chi connectivity index (χ4n) is 2.21. The molecule has 1 aliphatic carbocycles. The molecule has 94 valence electrons. The molecule has 2 rings (SSSR count). The molecule has 1 aliphatic rings. The number of hydrogen-bond acceptors (Lipinski definition) is 3. The van der Waals surface area contributed by atoms with Gasteiger partial charge in [-0.1, -0.05) is 32.0 Å². The van der Waals surface area contributed by atoms with E-state index < -0.39 is 6.10 Å². The van der Waals surface area contributed by atoms with E-state index in [4.69, 9.17) is 9.47 Å². The molecule has 3 atom stereocenters. The van der Waals surface area contributed by atoms with Crippen molar-refractivity contribution < 1.29 is 14.6 Å². The zero-order valence-electron chi connectivity index (χ0n) is 10.6. The van der Waals surface area contributed by atoms with Crippen LogP contribution in [0.25, 0.3) is 0 Å². The van der Waals surface area contributed by atoms with E-state index in [1.54, 1.807) is 7.11 Å². The second kappa shape index (κ2) is 5.07. The van der Waals surface area contributed by atoms with Gasteiger partial charge in [-0.25, -0.2) is 0 Å². The highest BCUT2D eigenvalue weighted by atomic mass is 16.6. The van der Waals surface area contributed by atoms with Crippen molar-refractivity contribution in [3.05, 3.63) is 29.8 Å². The Bertz CT molecular complexity index is 375. The highest BCUT2D eigenvalue weighted by molar-refractivity contribution is 5.36. The summed E-state index contributed by atoms with van der Waals surface area (Å²) in [4.78, 5) is 0. The molecule has 0 aliphatic heterocycles. The Kier molecular flexibility index (Phi) is 3.69. The summed E-state index contributed by atoms with van der Waals surface area (Å²) in [7, 11) is 1.61. The van der Waals surface area contributed by atoms with Gasteiger partial charge in [0.05, 0.1) is 6.10 Å². The predicted molar refractivity (Wildman–Crippen MR) is 66.4 cm³/mol. The highest BCUT2D eigenvalue weighted by Gasteiger charge is 2.42. The van der Waals surface area contributed by atoms with Crippen molar-refractivity contribution in [3.63, 3.8) is 0 Å². The van der Waals surface area contributed by atoms with E-state index in [0.717, 1.165) is 5.75 Å². The maximum absolute atomic E-state index is 9.53. The number of methoxy groups -OCH3 is 1. The molecule has 0 spiro atoms. The molecule has 1 aromatic carbocycles. The molecule has 1 aromatic rings. The molecule has 1 N–H and O–H groups in total. The normalized spacial score (nSPS) is 27.9. The standard InChI is InChI=1S/C14H20O3/c1-9(2)10-6-4-5-7-12(10)17-13-8-11(15)14(13)16-3/h4-7,9,11,13-15H,8H2,1-3H3. The van der Waals surface area contributed by atoms with Crippen LogP contribution in [0.1, 0.15) is 31.7 Å². The van der Waals surface area contributed by atoms with Gasteiger partial charge in [0.15, 0.2) is 0 Å². The summed E-state index contributed by atoms with van der Waals surface area (Å²) in [6.45, 7) is 4.29. The van der Waals surface area contributed by atoms with Gasteiger partial charge < -0.3 is 14.6 Å². The number of hydrogen-bond donors (Lipinski definition) is 1. The minimum absolute atomic E-state index is 0.0325. The van der Waals surface area contributed by atoms with Crippen LogP contribution in [0.3, 0.4) is 0 Å². The van der Waals surface area contributed by atoms with E-state index in [1.165, 1.54) is 5.56 Å². The van der Waals surface area contributed by atoms with E-state index >= 15 is 0 Å². The fraction of sp³-hybridized carbons (Fsp3) is 0.571. The predicted octanol–water partition coefficient (Wildman–Crippen LogP) is 2.34. The molecule has 17 heavy (non-hydrogen) atoms. The maximum Gasteiger partial charge on any atom is 0.130 e. The molecular weight excluding hydrogens is 216 g/mol. The lowest BCUT2D eigenvalue weighted by Crippen LogP contribution is -2.54. The Morgan fingerprint density at radius 1 is 1.29 bits per heavy atom. The van der Waals surface area contributed by atoms with Crippen molar-refractivity contribution >= 4 is 0 Å². The molecule has 3 unspecified atom stereocenters. The van der Waals surface area contributed by atoms with Crippen LogP contribution in [0, 0.1) is 0 Å². The second-order valence-electron chi connectivity index (χ2n) is 4.85. The molecule has 0 aromatic heterocycles. The Morgan fingerprint density at radius 3 is 2.59 bits per heavy atom. The van der Waals surface area contributed by atoms with Gasteiger partial charge in [-0.3, -0.25) is 0 Å². The van der Waals surface area contributed by atoms with Crippen molar-refractivity contribution in [2.75, 3.05) is 7.11 Å². The Balaban J connectivity index is 2.09. The maximum atomic E-state index is 9.53. The van der Waals surface area contributed by atoms with Crippen molar-refractivity contribution in [1.29, 1.82) is 0 Å². The Labute approximate surface area is 102 Å². The van der Waals surface area contributed by atoms with Crippen molar-refractivity contribution in [3.8, 4) is 5.75 Å². The van der Waals surface area contributed by atoms with E-state index in [-0.39, 0.29) is 12.2 Å². The monoisotopic (exact) mass is 236 g/mol. The van der Waals surface area contributed by atoms with Crippen molar-refractivity contribution in [1.82, 2.24) is 0 Å². The first-order valence-corrected chi connectivity index (χ1v) is 6.10. The number of aliphatic hydroxyl groups excluding tert-OH is 1. The molecule has 0 amide bonds. The molecule has 1 fully saturated rings. The first-order valence-electron chi connectivity index (χ1n) is 6.10. The summed E-state index contributed by atoms with van der Waals surface area (Å²) in [5, 5.41) is 9.53. The van der Waals surface area contributed by atoms with Gasteiger partial charge in [-0.05, 0) is 17.5 Å². The van der Waals surface area contributed by atoms with Gasteiger partial charge in [0.1, 0.15) is 18.0 Å². The summed E-state index contributed by atoms with van der Waals surface area (Å²) in [6.07, 6.45) is 0.0200. The summed E-state index contributed by atoms with van der Waals surface area (Å²) >= 11 is 0. The molecule has 1 saturated carbocycles. The minimum atomic E-state index is -0.392. The summed E-state index contributed by atoms with van der Waals surface area (Å²) < 4.78 is 11.1. The third kappa shape index (κ3) is 2.45. The number of para-hydroxylation sites is 1. The van der Waals surface area contributed by atoms with Crippen molar-refractivity contribution in [2.24, 2.45) is 0 Å². The Morgan fingerprint density at radius 2 is 2.00 bits per heavy atom. The van der Waals surface area contributed by atoms with Crippen LogP contribution in [0.2, 0.25) is 0 Å². The lowest BCUT2D eigenvalue weighted by atomic mass is 9.88. The topological polar surface area (TPSA) is 38.7 Å². The molecule has 0 saturated heterocycles. The lowest BCUT2D eigenvalue weighted by Gasteiger charge is -2.40. The summed E-state index contributed by atoms with van der Waals surface area (Å²) in [6, 6.07) is 8.05. The minimum Gasteiger partial charge on any atom is -0.487 e. The van der Waals surface area contributed by atoms with E-state index in [1.807, 2.05) is 18.2 Å². The quantitative estimate of drug-likeness (QED) is 0.872. The molecule has 0 heterocycles. The first-order chi connectivity index (χ1) is 8.13. The van der Waals surface area contributed by atoms with Gasteiger partial charge in [-0.15, -0.1) is 0 Å². The third-order valence-corrected chi connectivity index (χ3v) is 3.31. The number of benzene rings is 1. The molecule has 3 nitrogen and oxygen atoms in total. The van der Waals surface area contributed by atoms with Gasteiger partial charge in [-0.2, -0.15) is 0 Å². The highest BCUT2D eigenvalue weighted by Crippen LogP contribution is 2.32. The molecule has 0 radical (unpaired) electrons. The average molecular weight is 236 g/mol. The van der Waals surface area contributed by atoms with Crippen LogP contribution in [0.4, 0.5) is 0 Å². The Hall–Kier alpha value is -1.06. The van der Waals surface area contributed by atoms with Gasteiger partial charge in [0.25, 0.3) is 0 Å². The molecule has 0 bridgehead atoms. The first kappa shape index (κ1) is 12.4. The van der Waals surface area contributed by atoms with E-state index in [2.05, 4.69) is 19.9 Å². The number of rotatable bonds is 4. The molecule has 3 heteroatoms. The third-order valence-electron chi connectivity index (χ3n) is 3.31. The van der Waals surface area contributed by atoms with Crippen LogP contribution in [-0.4, -0.2) is 30.5 Å². The largest absolute Gasteiger partial charge is 0.487 e. The van der Waals surface area contributed by atoms with E-state index in [0.29, 0.717) is 12.3 Å². The van der Waals surface area contributed by atoms with E-state index in [9.17, 15) is 5.11 Å². The SMILES string of the molecule is COC1C(O)CC1Oc1ccccc1C(C)C. The van der Waals surface area contributed by atoms with Crippen LogP contribution < -0.4 is 4.74 Å². The van der Waals surface area contributed by atoms with Gasteiger partial charge in [0, 0.05) is 13.5 Å². The second-order valence-corrected chi connectivity index (χ2v) is 4.85. The van der Waals surface area contributed by atoms with Crippen LogP contribution in [0.15, 0.2) is 24.3 Å². The van der Waals surface area contributed by atoms with Gasteiger partial charge >= 0.3 is 0 Å². The zero-order valence-corrected chi connectivity index (χ0v) is 10.6. The zero-order chi connectivity index (χ0) is 12.4. The van der Waals surface area contributed by atoms with Crippen LogP contribution >= 0.6 is 0 Å². The number of aliphatic hydroxyl groups is 1. The molecular formula is C14H20O3. The average Bonchev–Trinajstić information content (AvgIpc) is 2.29. The van der Waals surface area contributed by atoms with Crippen LogP contribution in [-0.2, 0) is 4.74 Å². The van der Waals surface area contributed by atoms with Gasteiger partial charge in [0.2, 0.25) is 0 Å². The lowest BCUT2D eigenvalue weighted by molar-refractivity contribution is -0.149.